The van der Waals surface area contributed by atoms with Crippen molar-refractivity contribution in [3.63, 3.8) is 0 Å². The van der Waals surface area contributed by atoms with Gasteiger partial charge in [-0.05, 0) is 40.5 Å². The van der Waals surface area contributed by atoms with E-state index in [0.717, 1.165) is 12.8 Å². The third-order valence-electron chi connectivity index (χ3n) is 2.89. The first-order chi connectivity index (χ1) is 7.21. The highest BCUT2D eigenvalue weighted by Crippen LogP contribution is 2.15. The van der Waals surface area contributed by atoms with E-state index in [9.17, 15) is 0 Å². The molecule has 0 aromatic heterocycles. The molecule has 0 aliphatic heterocycles. The molecule has 0 amide bonds. The first kappa shape index (κ1) is 15.9. The average Bonchev–Trinajstić information content (AvgIpc) is 2.06. The summed E-state index contributed by atoms with van der Waals surface area (Å²) in [5.74, 6) is 0. The smallest absolute Gasteiger partial charge is 0.00970 e. The van der Waals surface area contributed by atoms with Crippen LogP contribution in [-0.2, 0) is 0 Å². The van der Waals surface area contributed by atoms with Gasteiger partial charge in [0, 0.05) is 11.1 Å². The topological polar surface area (TPSA) is 52.0 Å². The van der Waals surface area contributed by atoms with E-state index in [1.54, 1.807) is 0 Å². The second-order valence-electron chi connectivity index (χ2n) is 6.60. The van der Waals surface area contributed by atoms with Crippen LogP contribution in [0, 0.1) is 0 Å². The molecule has 16 heavy (non-hydrogen) atoms. The molecule has 0 heterocycles. The molecule has 0 spiro atoms. The molecule has 0 rings (SSSR count). The number of nitrogens with two attached hydrogens (primary N) is 2. The molecule has 0 atom stereocenters. The van der Waals surface area contributed by atoms with E-state index >= 15 is 0 Å². The van der Waals surface area contributed by atoms with Crippen molar-refractivity contribution in [1.82, 2.24) is 0 Å². The first-order valence-corrected chi connectivity index (χ1v) is 6.78. The summed E-state index contributed by atoms with van der Waals surface area (Å²) in [6, 6.07) is 0. The summed E-state index contributed by atoms with van der Waals surface area (Å²) in [6.45, 7) is 8.43. The zero-order valence-corrected chi connectivity index (χ0v) is 11.8. The van der Waals surface area contributed by atoms with Gasteiger partial charge in [-0.25, -0.2) is 0 Å². The van der Waals surface area contributed by atoms with Gasteiger partial charge in [-0.2, -0.15) is 0 Å². The van der Waals surface area contributed by atoms with E-state index < -0.39 is 0 Å². The van der Waals surface area contributed by atoms with E-state index in [1.165, 1.54) is 38.5 Å². The monoisotopic (exact) mass is 228 g/mol. The van der Waals surface area contributed by atoms with Crippen molar-refractivity contribution in [2.75, 3.05) is 0 Å². The van der Waals surface area contributed by atoms with Crippen LogP contribution in [0.25, 0.3) is 0 Å². The Kier molecular flexibility index (Phi) is 7.25. The van der Waals surface area contributed by atoms with Gasteiger partial charge in [-0.15, -0.1) is 0 Å². The van der Waals surface area contributed by atoms with Gasteiger partial charge in [-0.3, -0.25) is 0 Å². The maximum Gasteiger partial charge on any atom is 0.00970 e. The summed E-state index contributed by atoms with van der Waals surface area (Å²) in [5, 5.41) is 0. The minimum Gasteiger partial charge on any atom is -0.326 e. The molecule has 2 heteroatoms. The summed E-state index contributed by atoms with van der Waals surface area (Å²) in [6.07, 6.45) is 10.2. The van der Waals surface area contributed by atoms with Crippen LogP contribution in [-0.4, -0.2) is 11.1 Å². The molecule has 98 valence electrons. The lowest BCUT2D eigenvalue weighted by Gasteiger charge is -2.18. The van der Waals surface area contributed by atoms with Crippen molar-refractivity contribution in [2.24, 2.45) is 11.5 Å². The first-order valence-electron chi connectivity index (χ1n) is 6.78. The summed E-state index contributed by atoms with van der Waals surface area (Å²) >= 11 is 0. The predicted octanol–water partition coefficient (Wildman–Crippen LogP) is 3.58. The lowest BCUT2D eigenvalue weighted by atomic mass is 9.95. The quantitative estimate of drug-likeness (QED) is 0.593. The molecule has 0 aliphatic carbocycles. The van der Waals surface area contributed by atoms with E-state index in [2.05, 4.69) is 27.7 Å². The Balaban J connectivity index is 3.17. The number of hydrogen-bond acceptors (Lipinski definition) is 2. The molecule has 0 aromatic carbocycles. The number of unbranched alkanes of at least 4 members (excludes halogenated alkanes) is 5. The highest BCUT2D eigenvalue weighted by Gasteiger charge is 2.10. The molecule has 4 N–H and O–H groups in total. The van der Waals surface area contributed by atoms with Gasteiger partial charge in [0.05, 0.1) is 0 Å². The summed E-state index contributed by atoms with van der Waals surface area (Å²) in [4.78, 5) is 0. The maximum absolute atomic E-state index is 5.93. The van der Waals surface area contributed by atoms with Gasteiger partial charge in [0.25, 0.3) is 0 Å². The molecule has 0 fully saturated rings. The molecule has 0 saturated carbocycles. The van der Waals surface area contributed by atoms with Gasteiger partial charge in [0.1, 0.15) is 0 Å². The molecule has 0 radical (unpaired) electrons. The molecule has 0 bridgehead atoms. The van der Waals surface area contributed by atoms with Crippen LogP contribution in [0.15, 0.2) is 0 Å². The second-order valence-corrected chi connectivity index (χ2v) is 6.60. The van der Waals surface area contributed by atoms with Gasteiger partial charge < -0.3 is 11.5 Å². The number of rotatable bonds is 9. The fourth-order valence-corrected chi connectivity index (χ4v) is 1.87. The molecule has 0 unspecified atom stereocenters. The Hall–Kier alpha value is -0.0800. The molecular weight excluding hydrogens is 196 g/mol. The SMILES string of the molecule is CC(C)(N)CCCCCCCCC(C)(C)N. The fourth-order valence-electron chi connectivity index (χ4n) is 1.87. The van der Waals surface area contributed by atoms with E-state index in [0.29, 0.717) is 0 Å². The van der Waals surface area contributed by atoms with Crippen LogP contribution in [0.4, 0.5) is 0 Å². The van der Waals surface area contributed by atoms with Crippen LogP contribution >= 0.6 is 0 Å². The molecule has 0 aliphatic rings. The van der Waals surface area contributed by atoms with E-state index in [4.69, 9.17) is 11.5 Å². The minimum atomic E-state index is 0.0174. The molecule has 0 saturated heterocycles. The van der Waals surface area contributed by atoms with E-state index in [-0.39, 0.29) is 11.1 Å². The van der Waals surface area contributed by atoms with Crippen LogP contribution in [0.5, 0.6) is 0 Å². The highest BCUT2D eigenvalue weighted by molar-refractivity contribution is 4.72. The van der Waals surface area contributed by atoms with Crippen LogP contribution in [0.2, 0.25) is 0 Å². The van der Waals surface area contributed by atoms with Crippen molar-refractivity contribution in [3.05, 3.63) is 0 Å². The van der Waals surface area contributed by atoms with Gasteiger partial charge >= 0.3 is 0 Å². The van der Waals surface area contributed by atoms with Gasteiger partial charge in [0.15, 0.2) is 0 Å². The third-order valence-corrected chi connectivity index (χ3v) is 2.89. The van der Waals surface area contributed by atoms with Crippen molar-refractivity contribution < 1.29 is 0 Å². The Morgan fingerprint density at radius 1 is 0.562 bits per heavy atom. The Morgan fingerprint density at radius 2 is 0.812 bits per heavy atom. The van der Waals surface area contributed by atoms with Crippen molar-refractivity contribution in [3.8, 4) is 0 Å². The molecule has 2 nitrogen and oxygen atoms in total. The van der Waals surface area contributed by atoms with Crippen LogP contribution in [0.3, 0.4) is 0 Å². The summed E-state index contributed by atoms with van der Waals surface area (Å²) in [7, 11) is 0. The standard InChI is InChI=1S/C14H32N2/c1-13(2,15)11-9-7-5-6-8-10-12-14(3,4)16/h5-12,15-16H2,1-4H3. The highest BCUT2D eigenvalue weighted by atomic mass is 14.7. The normalized spacial score (nSPS) is 13.1. The lowest BCUT2D eigenvalue weighted by molar-refractivity contribution is 0.426. The molecule has 0 aromatic rings. The Labute approximate surface area is 102 Å². The largest absolute Gasteiger partial charge is 0.326 e. The second kappa shape index (κ2) is 7.29. The summed E-state index contributed by atoms with van der Waals surface area (Å²) in [5.41, 5.74) is 11.9. The molecular formula is C14H32N2. The predicted molar refractivity (Wildman–Crippen MR) is 73.5 cm³/mol. The fraction of sp³-hybridized carbons (Fsp3) is 1.00. The Bertz CT molecular complexity index is 143. The van der Waals surface area contributed by atoms with Crippen LogP contribution in [0.1, 0.15) is 79.1 Å². The lowest BCUT2D eigenvalue weighted by Crippen LogP contribution is -2.31. The van der Waals surface area contributed by atoms with E-state index in [1.807, 2.05) is 0 Å². The van der Waals surface area contributed by atoms with Gasteiger partial charge in [-0.1, -0.05) is 38.5 Å². The van der Waals surface area contributed by atoms with Crippen LogP contribution < -0.4 is 11.5 Å². The zero-order valence-electron chi connectivity index (χ0n) is 11.8. The van der Waals surface area contributed by atoms with Crippen molar-refractivity contribution >= 4 is 0 Å². The number of hydrogen-bond donors (Lipinski definition) is 2. The average molecular weight is 228 g/mol. The Morgan fingerprint density at radius 3 is 1.06 bits per heavy atom. The zero-order chi connectivity index (χ0) is 12.7. The minimum absolute atomic E-state index is 0.0174. The van der Waals surface area contributed by atoms with Crippen molar-refractivity contribution in [2.45, 2.75) is 90.1 Å². The third kappa shape index (κ3) is 13.9. The van der Waals surface area contributed by atoms with Gasteiger partial charge in [0.2, 0.25) is 0 Å². The maximum atomic E-state index is 5.93. The summed E-state index contributed by atoms with van der Waals surface area (Å²) < 4.78 is 0. The van der Waals surface area contributed by atoms with Crippen molar-refractivity contribution in [1.29, 1.82) is 0 Å².